The largest absolute Gasteiger partial charge is 0.481 e. The van der Waals surface area contributed by atoms with Crippen molar-refractivity contribution in [3.8, 4) is 0 Å². The first-order valence-electron chi connectivity index (χ1n) is 21.5. The number of carbonyl (C=O) groups is 2. The maximum Gasteiger partial charge on any atom is 0.303 e. The molecule has 0 radical (unpaired) electrons. The highest BCUT2D eigenvalue weighted by Crippen LogP contribution is 2.68. The number of carboxylic acid groups (broad SMARTS) is 1. The second-order valence-corrected chi connectivity index (χ2v) is 17.9. The van der Waals surface area contributed by atoms with Crippen LogP contribution in [0.1, 0.15) is 201 Å². The van der Waals surface area contributed by atoms with Crippen molar-refractivity contribution in [2.75, 3.05) is 0 Å². The van der Waals surface area contributed by atoms with Crippen LogP contribution in [-0.2, 0) is 9.59 Å². The lowest BCUT2D eigenvalue weighted by Gasteiger charge is -2.63. The lowest BCUT2D eigenvalue weighted by Crippen LogP contribution is -2.62. The van der Waals surface area contributed by atoms with E-state index in [4.69, 9.17) is 5.11 Å². The van der Waals surface area contributed by atoms with E-state index in [1.807, 2.05) is 0 Å². The Balaban J connectivity index is 1.08. The van der Waals surface area contributed by atoms with E-state index in [-0.39, 0.29) is 41.2 Å². The second-order valence-electron chi connectivity index (χ2n) is 17.9. The van der Waals surface area contributed by atoms with E-state index < -0.39 is 12.1 Å². The van der Waals surface area contributed by atoms with Gasteiger partial charge in [-0.05, 0) is 105 Å². The maximum atomic E-state index is 12.9. The third-order valence-corrected chi connectivity index (χ3v) is 14.8. The molecule has 4 N–H and O–H groups in total. The summed E-state index contributed by atoms with van der Waals surface area (Å²) < 4.78 is 0. The quantitative estimate of drug-likeness (QED) is 0.0800. The number of carbonyl (C=O) groups excluding carboxylic acids is 1. The van der Waals surface area contributed by atoms with Crippen molar-refractivity contribution in [1.29, 1.82) is 0 Å². The molecule has 0 spiro atoms. The number of unbranched alkanes of at least 4 members (excludes halogenated alkanes) is 16. The lowest BCUT2D eigenvalue weighted by atomic mass is 9.43. The van der Waals surface area contributed by atoms with Crippen molar-refractivity contribution in [3.05, 3.63) is 0 Å². The molecule has 6 heteroatoms. The van der Waals surface area contributed by atoms with Gasteiger partial charge in [0.2, 0.25) is 5.91 Å². The van der Waals surface area contributed by atoms with Crippen LogP contribution in [0.3, 0.4) is 0 Å². The van der Waals surface area contributed by atoms with E-state index in [9.17, 15) is 19.8 Å². The minimum atomic E-state index is -0.743. The highest BCUT2D eigenvalue weighted by atomic mass is 16.4. The van der Waals surface area contributed by atoms with Gasteiger partial charge in [0, 0.05) is 18.9 Å². The molecule has 4 aliphatic rings. The molecule has 0 aromatic heterocycles. The van der Waals surface area contributed by atoms with Crippen molar-refractivity contribution in [1.82, 2.24) is 5.32 Å². The molecule has 4 fully saturated rings. The van der Waals surface area contributed by atoms with Gasteiger partial charge in [-0.25, -0.2) is 0 Å². The van der Waals surface area contributed by atoms with Crippen LogP contribution in [0.25, 0.3) is 0 Å². The van der Waals surface area contributed by atoms with Crippen LogP contribution in [0.15, 0.2) is 0 Å². The standard InChI is InChI=1S/C43H77NO5/c1-4-5-6-7-8-9-10-11-12-13-14-15-16-17-18-19-20-23-39(47)44-34-27-28-42(2)33(29-34)30-37(45)41-35-26-25-32(22-21-24-40(48)49)43(35,3)38(46)31-36(41)42/h32-38,41,45-46H,4-31H2,1-3H3,(H,44,47)(H,48,49)/t32?,33?,34-,35?,36?,37+,38-,41?,42?,43?/m0/s1. The Kier molecular flexibility index (Phi) is 16.7. The second kappa shape index (κ2) is 20.2. The molecule has 7 unspecified atom stereocenters. The van der Waals surface area contributed by atoms with E-state index in [2.05, 4.69) is 26.1 Å². The number of rotatable bonds is 23. The number of aliphatic hydroxyl groups excluding tert-OH is 2. The van der Waals surface area contributed by atoms with Gasteiger partial charge in [-0.15, -0.1) is 0 Å². The number of carboxylic acids is 1. The third-order valence-electron chi connectivity index (χ3n) is 14.8. The van der Waals surface area contributed by atoms with Crippen molar-refractivity contribution in [2.45, 2.75) is 219 Å². The van der Waals surface area contributed by atoms with Crippen molar-refractivity contribution in [3.63, 3.8) is 0 Å². The van der Waals surface area contributed by atoms with Gasteiger partial charge in [0.05, 0.1) is 12.2 Å². The fraction of sp³-hybridized carbons (Fsp3) is 0.953. The first-order chi connectivity index (χ1) is 23.6. The maximum absolute atomic E-state index is 12.9. The molecule has 0 aliphatic heterocycles. The van der Waals surface area contributed by atoms with E-state index in [1.165, 1.54) is 96.3 Å². The Labute approximate surface area is 300 Å². The molecule has 0 aromatic rings. The summed E-state index contributed by atoms with van der Waals surface area (Å²) in [5, 5.41) is 35.9. The van der Waals surface area contributed by atoms with Crippen LogP contribution in [-0.4, -0.2) is 45.4 Å². The molecule has 0 saturated heterocycles. The van der Waals surface area contributed by atoms with Crippen molar-refractivity contribution in [2.24, 2.45) is 40.4 Å². The van der Waals surface area contributed by atoms with E-state index >= 15 is 0 Å². The Morgan fingerprint density at radius 2 is 1.24 bits per heavy atom. The number of nitrogens with one attached hydrogen (secondary N) is 1. The number of amides is 1. The predicted molar refractivity (Wildman–Crippen MR) is 200 cm³/mol. The highest BCUT2D eigenvalue weighted by molar-refractivity contribution is 5.76. The molecule has 0 aromatic carbocycles. The highest BCUT2D eigenvalue weighted by Gasteiger charge is 2.65. The number of hydrogen-bond donors (Lipinski definition) is 4. The zero-order chi connectivity index (χ0) is 35.3. The van der Waals surface area contributed by atoms with E-state index in [0.29, 0.717) is 36.5 Å². The zero-order valence-electron chi connectivity index (χ0n) is 32.1. The van der Waals surface area contributed by atoms with Gasteiger partial charge in [0.1, 0.15) is 0 Å². The fourth-order valence-electron chi connectivity index (χ4n) is 11.7. The molecule has 6 nitrogen and oxygen atoms in total. The van der Waals surface area contributed by atoms with Crippen molar-refractivity contribution < 1.29 is 24.9 Å². The predicted octanol–water partition coefficient (Wildman–Crippen LogP) is 10.4. The van der Waals surface area contributed by atoms with Gasteiger partial charge < -0.3 is 20.6 Å². The summed E-state index contributed by atoms with van der Waals surface area (Å²) in [5.41, 5.74) is -0.149. The molecule has 284 valence electrons. The molecular weight excluding hydrogens is 610 g/mol. The Morgan fingerprint density at radius 3 is 1.82 bits per heavy atom. The first kappa shape index (κ1) is 40.6. The molecule has 0 heterocycles. The summed E-state index contributed by atoms with van der Waals surface area (Å²) in [6.45, 7) is 6.95. The van der Waals surface area contributed by atoms with E-state index in [0.717, 1.165) is 64.2 Å². The van der Waals surface area contributed by atoms with Gasteiger partial charge in [0.15, 0.2) is 0 Å². The Bertz CT molecular complexity index is 987. The fourth-order valence-corrected chi connectivity index (χ4v) is 11.7. The van der Waals surface area contributed by atoms with Gasteiger partial charge in [-0.3, -0.25) is 9.59 Å². The smallest absolute Gasteiger partial charge is 0.303 e. The zero-order valence-corrected chi connectivity index (χ0v) is 32.1. The summed E-state index contributed by atoms with van der Waals surface area (Å²) in [5.74, 6) is 0.970. The Morgan fingerprint density at radius 1 is 0.673 bits per heavy atom. The minimum Gasteiger partial charge on any atom is -0.481 e. The number of aliphatic hydroxyl groups is 2. The average molecular weight is 688 g/mol. The van der Waals surface area contributed by atoms with Gasteiger partial charge in [-0.1, -0.05) is 124 Å². The normalized spacial score (nSPS) is 35.4. The van der Waals surface area contributed by atoms with Crippen LogP contribution >= 0.6 is 0 Å². The summed E-state index contributed by atoms with van der Waals surface area (Å²) in [6.07, 6.45) is 31.0. The van der Waals surface area contributed by atoms with Crippen LogP contribution in [0.5, 0.6) is 0 Å². The Hall–Kier alpha value is -1.14. The monoisotopic (exact) mass is 688 g/mol. The molecule has 1 amide bonds. The molecule has 0 bridgehead atoms. The van der Waals surface area contributed by atoms with Crippen LogP contribution in [0.4, 0.5) is 0 Å². The number of aliphatic carboxylic acids is 1. The summed E-state index contributed by atoms with van der Waals surface area (Å²) in [6, 6.07) is 0.198. The van der Waals surface area contributed by atoms with Gasteiger partial charge in [0.25, 0.3) is 0 Å². The molecule has 4 rings (SSSR count). The summed E-state index contributed by atoms with van der Waals surface area (Å²) in [7, 11) is 0. The van der Waals surface area contributed by atoms with Crippen LogP contribution < -0.4 is 5.32 Å². The van der Waals surface area contributed by atoms with Crippen LogP contribution in [0.2, 0.25) is 0 Å². The lowest BCUT2D eigenvalue weighted by molar-refractivity contribution is -0.200. The number of fused-ring (bicyclic) bond motifs is 5. The summed E-state index contributed by atoms with van der Waals surface area (Å²) in [4.78, 5) is 24.1. The third kappa shape index (κ3) is 10.9. The summed E-state index contributed by atoms with van der Waals surface area (Å²) >= 11 is 0. The molecular formula is C43H77NO5. The van der Waals surface area contributed by atoms with Gasteiger partial charge in [-0.2, -0.15) is 0 Å². The van der Waals surface area contributed by atoms with Crippen molar-refractivity contribution >= 4 is 11.9 Å². The molecule has 4 aliphatic carbocycles. The molecule has 49 heavy (non-hydrogen) atoms. The first-order valence-corrected chi connectivity index (χ1v) is 21.5. The average Bonchev–Trinajstić information content (AvgIpc) is 3.40. The van der Waals surface area contributed by atoms with E-state index in [1.54, 1.807) is 0 Å². The van der Waals surface area contributed by atoms with Gasteiger partial charge >= 0.3 is 5.97 Å². The topological polar surface area (TPSA) is 107 Å². The SMILES string of the molecule is CCCCCCCCCCCCCCCCCCCC(=O)N[C@H]1CCC2(C)C(C1)C[C@@H](O)C1C2C[C@H](O)C2(C)C(CCCC(=O)O)CCC12. The molecule has 4 saturated carbocycles. The van der Waals surface area contributed by atoms with Crippen LogP contribution in [0, 0.1) is 40.4 Å². The number of hydrogen-bond acceptors (Lipinski definition) is 4. The molecule has 10 atom stereocenters. The minimum absolute atomic E-state index is 0.0857.